The number of aryl methyl sites for hydroxylation is 3. The smallest absolute Gasteiger partial charge is 0.278 e. The molecule has 0 radical (unpaired) electrons. The highest BCUT2D eigenvalue weighted by Crippen LogP contribution is 2.28. The highest BCUT2D eigenvalue weighted by Gasteiger charge is 2.26. The number of nitrogens with one attached hydrogen (secondary N) is 2. The van der Waals surface area contributed by atoms with Gasteiger partial charge in [0.15, 0.2) is 0 Å². The zero-order chi connectivity index (χ0) is 26.0. The molecule has 4 rings (SSSR count). The van der Waals surface area contributed by atoms with Gasteiger partial charge in [0.1, 0.15) is 11.7 Å². The Morgan fingerprint density at radius 1 is 0.944 bits per heavy atom. The molecule has 0 saturated heterocycles. The van der Waals surface area contributed by atoms with Gasteiger partial charge in [-0.3, -0.25) is 19.0 Å². The van der Waals surface area contributed by atoms with Gasteiger partial charge in [-0.25, -0.2) is 4.98 Å². The van der Waals surface area contributed by atoms with Gasteiger partial charge in [-0.05, 0) is 56.5 Å². The van der Waals surface area contributed by atoms with Crippen LogP contribution in [-0.2, 0) is 9.59 Å². The number of hydrogen-bond acceptors (Lipinski definition) is 4. The van der Waals surface area contributed by atoms with Crippen molar-refractivity contribution in [3.63, 3.8) is 0 Å². The summed E-state index contributed by atoms with van der Waals surface area (Å²) in [5.74, 6) is -0.523. The summed E-state index contributed by atoms with van der Waals surface area (Å²) in [7, 11) is 0. The second kappa shape index (κ2) is 10.2. The fourth-order valence-corrected chi connectivity index (χ4v) is 4.70. The molecule has 1 aromatic heterocycles. The average Bonchev–Trinajstić information content (AvgIpc) is 2.83. The number of anilines is 2. The minimum absolute atomic E-state index is 0.173. The van der Waals surface area contributed by atoms with Crippen LogP contribution < -0.4 is 16.2 Å². The number of aromatic nitrogens is 2. The summed E-state index contributed by atoms with van der Waals surface area (Å²) in [6.07, 6.45) is 0.399. The Balaban J connectivity index is 1.89. The fourth-order valence-electron chi connectivity index (χ4n) is 4.70. The van der Waals surface area contributed by atoms with E-state index in [2.05, 4.69) is 15.6 Å². The maximum atomic E-state index is 14.0. The molecule has 7 heteroatoms. The van der Waals surface area contributed by atoms with E-state index in [4.69, 9.17) is 0 Å². The third-order valence-electron chi connectivity index (χ3n) is 6.21. The molecule has 0 saturated carbocycles. The molecule has 0 aliphatic carbocycles. The molecule has 2 N–H and O–H groups in total. The van der Waals surface area contributed by atoms with Gasteiger partial charge in [0.05, 0.1) is 16.7 Å². The Kier molecular flexibility index (Phi) is 7.01. The second-order valence-corrected chi connectivity index (χ2v) is 9.04. The first-order valence-corrected chi connectivity index (χ1v) is 12.0. The van der Waals surface area contributed by atoms with Crippen molar-refractivity contribution in [2.24, 2.45) is 0 Å². The third kappa shape index (κ3) is 4.77. The molecule has 1 heterocycles. The summed E-state index contributed by atoms with van der Waals surface area (Å²) in [5.41, 5.74) is 5.72. The van der Waals surface area contributed by atoms with E-state index in [1.165, 1.54) is 11.5 Å². The van der Waals surface area contributed by atoms with Gasteiger partial charge in [-0.15, -0.1) is 0 Å². The lowest BCUT2D eigenvalue weighted by atomic mass is 10.0. The maximum Gasteiger partial charge on any atom is 0.278 e. The van der Waals surface area contributed by atoms with Crippen molar-refractivity contribution in [1.82, 2.24) is 9.55 Å². The normalized spacial score (nSPS) is 11.8. The zero-order valence-electron chi connectivity index (χ0n) is 21.2. The Hall–Kier alpha value is -4.26. The van der Waals surface area contributed by atoms with Crippen LogP contribution in [0, 0.1) is 20.8 Å². The first-order valence-electron chi connectivity index (χ1n) is 12.0. The summed E-state index contributed by atoms with van der Waals surface area (Å²) < 4.78 is 1.52. The van der Waals surface area contributed by atoms with E-state index in [0.717, 1.165) is 22.4 Å². The molecule has 0 fully saturated rings. The maximum absolute atomic E-state index is 14.0. The van der Waals surface area contributed by atoms with Crippen molar-refractivity contribution in [2.45, 2.75) is 47.1 Å². The molecular weight excluding hydrogens is 452 g/mol. The Morgan fingerprint density at radius 2 is 1.58 bits per heavy atom. The van der Waals surface area contributed by atoms with Crippen LogP contribution in [0.4, 0.5) is 11.4 Å². The van der Waals surface area contributed by atoms with E-state index >= 15 is 0 Å². The number of benzene rings is 3. The summed E-state index contributed by atoms with van der Waals surface area (Å²) >= 11 is 0. The van der Waals surface area contributed by atoms with Crippen molar-refractivity contribution >= 4 is 34.2 Å². The van der Waals surface area contributed by atoms with Crippen LogP contribution in [-0.4, -0.2) is 21.4 Å². The quantitative estimate of drug-likeness (QED) is 0.378. The molecule has 0 aliphatic rings. The molecule has 4 aromatic rings. The van der Waals surface area contributed by atoms with E-state index in [1.54, 1.807) is 30.3 Å². The second-order valence-electron chi connectivity index (χ2n) is 9.04. The lowest BCUT2D eigenvalue weighted by Gasteiger charge is -2.22. The van der Waals surface area contributed by atoms with Crippen molar-refractivity contribution in [2.75, 3.05) is 10.6 Å². The van der Waals surface area contributed by atoms with Gasteiger partial charge in [0.2, 0.25) is 11.8 Å². The van der Waals surface area contributed by atoms with Gasteiger partial charge in [0.25, 0.3) is 5.56 Å². The highest BCUT2D eigenvalue weighted by atomic mass is 16.2. The first-order chi connectivity index (χ1) is 17.2. The number of amides is 2. The molecule has 36 heavy (non-hydrogen) atoms. The molecule has 184 valence electrons. The lowest BCUT2D eigenvalue weighted by molar-refractivity contribution is -0.119. The summed E-state index contributed by atoms with van der Waals surface area (Å²) in [4.78, 5) is 44.0. The minimum Gasteiger partial charge on any atom is -0.326 e. The molecule has 1 atom stereocenters. The molecule has 7 nitrogen and oxygen atoms in total. The minimum atomic E-state index is -0.766. The molecule has 0 unspecified atom stereocenters. The van der Waals surface area contributed by atoms with Gasteiger partial charge in [-0.2, -0.15) is 0 Å². The topological polar surface area (TPSA) is 93.1 Å². The number of hydrogen-bond donors (Lipinski definition) is 2. The zero-order valence-corrected chi connectivity index (χ0v) is 21.2. The molecule has 2 amide bonds. The van der Waals surface area contributed by atoms with E-state index in [0.29, 0.717) is 28.7 Å². The molecule has 0 bridgehead atoms. The first kappa shape index (κ1) is 24.9. The SMILES string of the molecule is CC[C@@H](C(=O)Nc1c(C)cc(C)cc1C)n1c(=O)c(-c2ccccc2NC(C)=O)nc2ccccc21. The van der Waals surface area contributed by atoms with Crippen LogP contribution in [0.15, 0.2) is 65.5 Å². The fraction of sp³-hybridized carbons (Fsp3) is 0.241. The third-order valence-corrected chi connectivity index (χ3v) is 6.21. The number of rotatable bonds is 6. The van der Waals surface area contributed by atoms with Crippen LogP contribution in [0.3, 0.4) is 0 Å². The van der Waals surface area contributed by atoms with Crippen molar-refractivity contribution in [3.05, 3.63) is 87.7 Å². The Labute approximate surface area is 210 Å². The summed E-state index contributed by atoms with van der Waals surface area (Å²) in [5, 5.41) is 5.84. The Bertz CT molecular complexity index is 1510. The molecule has 0 aliphatic heterocycles. The van der Waals surface area contributed by atoms with Crippen molar-refractivity contribution in [3.8, 4) is 11.3 Å². The van der Waals surface area contributed by atoms with E-state index in [1.807, 2.05) is 58.0 Å². The number of nitrogens with zero attached hydrogens (tertiary/aromatic N) is 2. The number of fused-ring (bicyclic) bond motifs is 1. The molecular formula is C29H30N4O3. The van der Waals surface area contributed by atoms with Crippen LogP contribution in [0.1, 0.15) is 43.0 Å². The predicted molar refractivity (Wildman–Crippen MR) is 144 cm³/mol. The monoisotopic (exact) mass is 482 g/mol. The summed E-state index contributed by atoms with van der Waals surface area (Å²) in [6.45, 7) is 9.23. The predicted octanol–water partition coefficient (Wildman–Crippen LogP) is 5.54. The van der Waals surface area contributed by atoms with Gasteiger partial charge in [0, 0.05) is 18.2 Å². The highest BCUT2D eigenvalue weighted by molar-refractivity contribution is 5.97. The summed E-state index contributed by atoms with van der Waals surface area (Å²) in [6, 6.07) is 17.6. The van der Waals surface area contributed by atoms with Crippen LogP contribution in [0.2, 0.25) is 0 Å². The van der Waals surface area contributed by atoms with Crippen LogP contribution in [0.25, 0.3) is 22.3 Å². The number of para-hydroxylation sites is 3. The number of carbonyl (C=O) groups is 2. The van der Waals surface area contributed by atoms with E-state index < -0.39 is 11.6 Å². The van der Waals surface area contributed by atoms with E-state index in [9.17, 15) is 14.4 Å². The standard InChI is InChI=1S/C29H30N4O3/c1-6-24(28(35)32-26-18(3)15-17(2)16-19(26)4)33-25-14-10-9-13-23(25)31-27(29(33)36)21-11-7-8-12-22(21)30-20(5)34/h7-16,24H,6H2,1-5H3,(H,30,34)(H,32,35)/t24-/m0/s1. The van der Waals surface area contributed by atoms with Gasteiger partial charge in [-0.1, -0.05) is 55.0 Å². The lowest BCUT2D eigenvalue weighted by Crippen LogP contribution is -2.35. The largest absolute Gasteiger partial charge is 0.326 e. The molecule has 0 spiro atoms. The number of carbonyl (C=O) groups excluding carboxylic acids is 2. The average molecular weight is 483 g/mol. The molecule has 3 aromatic carbocycles. The Morgan fingerprint density at radius 3 is 2.25 bits per heavy atom. The van der Waals surface area contributed by atoms with E-state index in [-0.39, 0.29) is 17.5 Å². The van der Waals surface area contributed by atoms with Crippen LogP contribution in [0.5, 0.6) is 0 Å². The van der Waals surface area contributed by atoms with Crippen molar-refractivity contribution in [1.29, 1.82) is 0 Å². The van der Waals surface area contributed by atoms with Gasteiger partial charge < -0.3 is 10.6 Å². The van der Waals surface area contributed by atoms with Crippen molar-refractivity contribution < 1.29 is 9.59 Å². The van der Waals surface area contributed by atoms with Crippen LogP contribution >= 0.6 is 0 Å². The van der Waals surface area contributed by atoms with Gasteiger partial charge >= 0.3 is 0 Å².